The number of aromatic nitrogens is 7. The van der Waals surface area contributed by atoms with Crippen LogP contribution < -0.4 is 0 Å². The molecular formula is C12H6ClF3N8. The minimum atomic E-state index is -4.63. The van der Waals surface area contributed by atoms with Gasteiger partial charge in [0, 0.05) is 5.02 Å². The van der Waals surface area contributed by atoms with Crippen LogP contribution in [0.5, 0.6) is 0 Å². The van der Waals surface area contributed by atoms with Crippen LogP contribution in [0, 0.1) is 11.3 Å². The highest BCUT2D eigenvalue weighted by Gasteiger charge is 2.35. The number of nitrogens with zero attached hydrogens (tertiary/aromatic N) is 8. The SMILES string of the molecule is N#Cc1ncn(Cc2nnnn2-c2ccc(Cl)cc2C(F)(F)F)n1. The molecule has 0 aliphatic rings. The van der Waals surface area contributed by atoms with E-state index in [1.165, 1.54) is 23.1 Å². The highest BCUT2D eigenvalue weighted by atomic mass is 35.5. The third-order valence-corrected chi connectivity index (χ3v) is 3.20. The molecule has 24 heavy (non-hydrogen) atoms. The summed E-state index contributed by atoms with van der Waals surface area (Å²) < 4.78 is 41.8. The summed E-state index contributed by atoms with van der Waals surface area (Å²) in [6.07, 6.45) is -3.38. The van der Waals surface area contributed by atoms with Crippen LogP contribution in [0.15, 0.2) is 24.5 Å². The number of benzene rings is 1. The van der Waals surface area contributed by atoms with Crippen molar-refractivity contribution in [2.75, 3.05) is 0 Å². The second-order valence-corrected chi connectivity index (χ2v) is 4.98. The average molecular weight is 355 g/mol. The van der Waals surface area contributed by atoms with Gasteiger partial charge in [-0.05, 0) is 28.6 Å². The second kappa shape index (κ2) is 5.89. The Morgan fingerprint density at radius 3 is 2.75 bits per heavy atom. The Morgan fingerprint density at radius 1 is 1.29 bits per heavy atom. The Morgan fingerprint density at radius 2 is 2.08 bits per heavy atom. The van der Waals surface area contributed by atoms with E-state index in [9.17, 15) is 13.2 Å². The van der Waals surface area contributed by atoms with Gasteiger partial charge in [0.1, 0.15) is 18.9 Å². The van der Waals surface area contributed by atoms with Crippen LogP contribution in [-0.2, 0) is 12.7 Å². The van der Waals surface area contributed by atoms with Gasteiger partial charge in [0.25, 0.3) is 5.82 Å². The van der Waals surface area contributed by atoms with E-state index in [2.05, 4.69) is 25.6 Å². The topological polar surface area (TPSA) is 98.1 Å². The summed E-state index contributed by atoms with van der Waals surface area (Å²) >= 11 is 5.66. The lowest BCUT2D eigenvalue weighted by molar-refractivity contribution is -0.137. The molecule has 2 heterocycles. The molecular weight excluding hydrogens is 349 g/mol. The first-order valence-corrected chi connectivity index (χ1v) is 6.70. The first kappa shape index (κ1) is 15.9. The molecule has 0 saturated carbocycles. The van der Waals surface area contributed by atoms with Gasteiger partial charge >= 0.3 is 6.18 Å². The summed E-state index contributed by atoms with van der Waals surface area (Å²) in [6.45, 7) is -0.0679. The van der Waals surface area contributed by atoms with Gasteiger partial charge in [-0.2, -0.15) is 23.1 Å². The van der Waals surface area contributed by atoms with Gasteiger partial charge in [0.2, 0.25) is 0 Å². The lowest BCUT2D eigenvalue weighted by Crippen LogP contribution is -2.15. The van der Waals surface area contributed by atoms with Gasteiger partial charge < -0.3 is 0 Å². The molecule has 12 heteroatoms. The molecule has 0 radical (unpaired) electrons. The minimum Gasteiger partial charge on any atom is -0.244 e. The first-order valence-electron chi connectivity index (χ1n) is 6.32. The molecule has 122 valence electrons. The Labute approximate surface area is 137 Å². The quantitative estimate of drug-likeness (QED) is 0.711. The zero-order valence-corrected chi connectivity index (χ0v) is 12.4. The van der Waals surface area contributed by atoms with E-state index >= 15 is 0 Å². The van der Waals surface area contributed by atoms with Crippen LogP contribution in [-0.4, -0.2) is 35.0 Å². The number of hydrogen-bond donors (Lipinski definition) is 0. The molecule has 2 aromatic heterocycles. The van der Waals surface area contributed by atoms with Crippen molar-refractivity contribution in [3.05, 3.63) is 46.8 Å². The van der Waals surface area contributed by atoms with Gasteiger partial charge in [-0.15, -0.1) is 10.2 Å². The number of hydrogen-bond acceptors (Lipinski definition) is 6. The fraction of sp³-hybridized carbons (Fsp3) is 0.167. The molecule has 0 amide bonds. The van der Waals surface area contributed by atoms with Crippen molar-refractivity contribution in [2.45, 2.75) is 12.7 Å². The molecule has 0 bridgehead atoms. The summed E-state index contributed by atoms with van der Waals surface area (Å²) in [5.74, 6) is 0.00807. The second-order valence-electron chi connectivity index (χ2n) is 4.54. The average Bonchev–Trinajstić information content (AvgIpc) is 3.16. The molecule has 0 spiro atoms. The third kappa shape index (κ3) is 3.04. The van der Waals surface area contributed by atoms with Crippen molar-refractivity contribution in [1.82, 2.24) is 35.0 Å². The summed E-state index contributed by atoms with van der Waals surface area (Å²) in [5.41, 5.74) is -1.24. The Bertz CT molecular complexity index is 923. The van der Waals surface area contributed by atoms with Gasteiger partial charge in [0.15, 0.2) is 5.82 Å². The first-order chi connectivity index (χ1) is 11.4. The van der Waals surface area contributed by atoms with Crippen LogP contribution in [0.1, 0.15) is 17.2 Å². The molecule has 0 atom stereocenters. The lowest BCUT2D eigenvalue weighted by atomic mass is 10.1. The van der Waals surface area contributed by atoms with Gasteiger partial charge in [-0.3, -0.25) is 0 Å². The molecule has 0 N–H and O–H groups in total. The molecule has 1 aromatic carbocycles. The molecule has 0 saturated heterocycles. The van der Waals surface area contributed by atoms with E-state index in [0.29, 0.717) is 0 Å². The van der Waals surface area contributed by atoms with E-state index in [0.717, 1.165) is 10.7 Å². The summed E-state index contributed by atoms with van der Waals surface area (Å²) in [7, 11) is 0. The smallest absolute Gasteiger partial charge is 0.244 e. The van der Waals surface area contributed by atoms with Crippen LogP contribution in [0.3, 0.4) is 0 Å². The van der Waals surface area contributed by atoms with E-state index < -0.39 is 11.7 Å². The molecule has 0 aliphatic heterocycles. The lowest BCUT2D eigenvalue weighted by Gasteiger charge is -2.13. The molecule has 8 nitrogen and oxygen atoms in total. The Balaban J connectivity index is 2.03. The molecule has 3 aromatic rings. The van der Waals surface area contributed by atoms with E-state index in [4.69, 9.17) is 16.9 Å². The number of alkyl halides is 3. The Kier molecular flexibility index (Phi) is 3.90. The van der Waals surface area contributed by atoms with E-state index in [-0.39, 0.29) is 28.9 Å². The van der Waals surface area contributed by atoms with Gasteiger partial charge in [-0.1, -0.05) is 11.6 Å². The third-order valence-electron chi connectivity index (χ3n) is 2.97. The predicted molar refractivity (Wildman–Crippen MR) is 73.0 cm³/mol. The van der Waals surface area contributed by atoms with Crippen LogP contribution in [0.25, 0.3) is 5.69 Å². The van der Waals surface area contributed by atoms with Crippen molar-refractivity contribution >= 4 is 11.6 Å². The predicted octanol–water partition coefficient (Wildman–Crippen LogP) is 1.85. The standard InChI is InChI=1S/C12H6ClF3N8/c13-7-1-2-9(8(3-7)12(14,15)16)24-11(19-21-22-24)5-23-6-18-10(4-17)20-23/h1-3,6H,5H2. The fourth-order valence-corrected chi connectivity index (χ4v) is 2.15. The fourth-order valence-electron chi connectivity index (χ4n) is 1.98. The highest BCUT2D eigenvalue weighted by molar-refractivity contribution is 6.30. The Hall–Kier alpha value is -3.00. The number of halogens is 4. The van der Waals surface area contributed by atoms with Gasteiger partial charge in [0.05, 0.1) is 11.3 Å². The van der Waals surface area contributed by atoms with Crippen molar-refractivity contribution in [1.29, 1.82) is 5.26 Å². The maximum Gasteiger partial charge on any atom is 0.418 e. The summed E-state index contributed by atoms with van der Waals surface area (Å²) in [4.78, 5) is 3.70. The summed E-state index contributed by atoms with van der Waals surface area (Å²) in [6, 6.07) is 5.02. The maximum atomic E-state index is 13.2. The van der Waals surface area contributed by atoms with Crippen LogP contribution >= 0.6 is 11.6 Å². The highest BCUT2D eigenvalue weighted by Crippen LogP contribution is 2.35. The van der Waals surface area contributed by atoms with Crippen LogP contribution in [0.4, 0.5) is 13.2 Å². The molecule has 3 rings (SSSR count). The van der Waals surface area contributed by atoms with Crippen molar-refractivity contribution in [3.63, 3.8) is 0 Å². The normalized spacial score (nSPS) is 11.5. The molecule has 0 aliphatic carbocycles. The number of tetrazole rings is 1. The largest absolute Gasteiger partial charge is 0.418 e. The van der Waals surface area contributed by atoms with Gasteiger partial charge in [-0.25, -0.2) is 9.67 Å². The van der Waals surface area contributed by atoms with Crippen LogP contribution in [0.2, 0.25) is 5.02 Å². The van der Waals surface area contributed by atoms with Crippen molar-refractivity contribution in [2.24, 2.45) is 0 Å². The van der Waals surface area contributed by atoms with Crippen molar-refractivity contribution in [3.8, 4) is 11.8 Å². The zero-order valence-electron chi connectivity index (χ0n) is 11.6. The number of rotatable bonds is 3. The van der Waals surface area contributed by atoms with Crippen molar-refractivity contribution < 1.29 is 13.2 Å². The summed E-state index contributed by atoms with van der Waals surface area (Å²) in [5, 5.41) is 23.1. The minimum absolute atomic E-state index is 0.0596. The maximum absolute atomic E-state index is 13.2. The van der Waals surface area contributed by atoms with E-state index in [1.807, 2.05) is 0 Å². The molecule has 0 fully saturated rings. The monoisotopic (exact) mass is 354 g/mol. The molecule has 0 unspecified atom stereocenters. The zero-order chi connectivity index (χ0) is 17.3. The van der Waals surface area contributed by atoms with E-state index in [1.54, 1.807) is 6.07 Å². The number of nitriles is 1.